The van der Waals surface area contributed by atoms with Crippen LogP contribution in [0.4, 0.5) is 0 Å². The van der Waals surface area contributed by atoms with Crippen LogP contribution in [-0.4, -0.2) is 39.9 Å². The van der Waals surface area contributed by atoms with Crippen molar-refractivity contribution in [2.45, 2.75) is 6.92 Å². The van der Waals surface area contributed by atoms with Crippen LogP contribution in [0.2, 0.25) is 0 Å². The highest BCUT2D eigenvalue weighted by molar-refractivity contribution is 5.77. The molecule has 0 aliphatic rings. The van der Waals surface area contributed by atoms with Gasteiger partial charge in [0.05, 0.1) is 20.8 Å². The molecule has 2 aromatic carbocycles. The van der Waals surface area contributed by atoms with Crippen molar-refractivity contribution in [1.29, 1.82) is 0 Å². The molecule has 0 fully saturated rings. The van der Waals surface area contributed by atoms with Crippen LogP contribution in [0.3, 0.4) is 0 Å². The van der Waals surface area contributed by atoms with Gasteiger partial charge in [0.15, 0.2) is 18.1 Å². The highest BCUT2D eigenvalue weighted by Crippen LogP contribution is 2.28. The predicted octanol–water partition coefficient (Wildman–Crippen LogP) is 3.31. The standard InChI is InChI=1S/C21H25NO5/c1-4-6-16-9-10-19(20(13-16)25-3)27-15-21(23)22-11-12-26-18-8-5-7-17(14-18)24-2/h4-10,13-14H,11-12,15H2,1-3H3,(H,22,23)/b6-4+. The first-order chi connectivity index (χ1) is 13.2. The Hall–Kier alpha value is -3.15. The average Bonchev–Trinajstić information content (AvgIpc) is 2.70. The van der Waals surface area contributed by atoms with Crippen molar-refractivity contribution in [3.63, 3.8) is 0 Å². The number of amides is 1. The Kier molecular flexibility index (Phi) is 8.03. The zero-order valence-corrected chi connectivity index (χ0v) is 15.9. The number of allylic oxidation sites excluding steroid dienone is 1. The summed E-state index contributed by atoms with van der Waals surface area (Å²) in [6, 6.07) is 12.8. The van der Waals surface area contributed by atoms with Gasteiger partial charge in [-0.1, -0.05) is 24.3 Å². The van der Waals surface area contributed by atoms with E-state index in [2.05, 4.69) is 5.32 Å². The Morgan fingerprint density at radius 2 is 1.81 bits per heavy atom. The minimum absolute atomic E-state index is 0.0987. The van der Waals surface area contributed by atoms with Crippen LogP contribution in [0.15, 0.2) is 48.5 Å². The molecule has 0 saturated heterocycles. The quantitative estimate of drug-likeness (QED) is 0.649. The minimum Gasteiger partial charge on any atom is -0.497 e. The molecule has 0 unspecified atom stereocenters. The topological polar surface area (TPSA) is 66.0 Å². The van der Waals surface area contributed by atoms with E-state index < -0.39 is 0 Å². The van der Waals surface area contributed by atoms with Gasteiger partial charge in [0, 0.05) is 6.07 Å². The van der Waals surface area contributed by atoms with E-state index in [1.165, 1.54) is 0 Å². The molecule has 0 spiro atoms. The average molecular weight is 371 g/mol. The van der Waals surface area contributed by atoms with Crippen LogP contribution in [0, 0.1) is 0 Å². The van der Waals surface area contributed by atoms with Gasteiger partial charge >= 0.3 is 0 Å². The molecule has 0 atom stereocenters. The number of nitrogens with one attached hydrogen (secondary N) is 1. The van der Waals surface area contributed by atoms with Crippen LogP contribution in [0.1, 0.15) is 12.5 Å². The number of methoxy groups -OCH3 is 2. The molecule has 0 radical (unpaired) electrons. The maximum atomic E-state index is 11.9. The Morgan fingerprint density at radius 3 is 2.56 bits per heavy atom. The van der Waals surface area contributed by atoms with E-state index in [-0.39, 0.29) is 12.5 Å². The summed E-state index contributed by atoms with van der Waals surface area (Å²) in [5.74, 6) is 2.28. The number of carbonyl (C=O) groups excluding carboxylic acids is 1. The molecule has 0 aliphatic carbocycles. The molecule has 0 aromatic heterocycles. The summed E-state index contributed by atoms with van der Waals surface area (Å²) in [7, 11) is 3.17. The number of hydrogen-bond acceptors (Lipinski definition) is 5. The summed E-state index contributed by atoms with van der Waals surface area (Å²) in [5, 5.41) is 2.75. The first-order valence-corrected chi connectivity index (χ1v) is 8.63. The summed E-state index contributed by atoms with van der Waals surface area (Å²) in [4.78, 5) is 11.9. The van der Waals surface area contributed by atoms with E-state index in [1.54, 1.807) is 26.4 Å². The Bertz CT molecular complexity index is 773. The van der Waals surface area contributed by atoms with Crippen LogP contribution >= 0.6 is 0 Å². The lowest BCUT2D eigenvalue weighted by Gasteiger charge is -2.12. The highest BCUT2D eigenvalue weighted by Gasteiger charge is 2.08. The van der Waals surface area contributed by atoms with E-state index in [9.17, 15) is 4.79 Å². The first-order valence-electron chi connectivity index (χ1n) is 8.63. The van der Waals surface area contributed by atoms with Crippen molar-refractivity contribution in [1.82, 2.24) is 5.32 Å². The van der Waals surface area contributed by atoms with Crippen molar-refractivity contribution in [2.75, 3.05) is 34.0 Å². The van der Waals surface area contributed by atoms with Crippen LogP contribution in [0.25, 0.3) is 6.08 Å². The SMILES string of the molecule is C/C=C/c1ccc(OCC(=O)NCCOc2cccc(OC)c2)c(OC)c1. The fourth-order valence-electron chi connectivity index (χ4n) is 2.34. The summed E-state index contributed by atoms with van der Waals surface area (Å²) in [6.07, 6.45) is 3.90. The molecule has 144 valence electrons. The van der Waals surface area contributed by atoms with Gasteiger partial charge in [0.1, 0.15) is 18.1 Å². The molecule has 6 nitrogen and oxygen atoms in total. The maximum absolute atomic E-state index is 11.9. The molecular weight excluding hydrogens is 346 g/mol. The molecule has 1 N–H and O–H groups in total. The van der Waals surface area contributed by atoms with E-state index >= 15 is 0 Å². The molecule has 0 saturated carbocycles. The summed E-state index contributed by atoms with van der Waals surface area (Å²) in [5.41, 5.74) is 1.00. The Morgan fingerprint density at radius 1 is 1.00 bits per heavy atom. The number of rotatable bonds is 10. The Balaban J connectivity index is 1.74. The number of benzene rings is 2. The van der Waals surface area contributed by atoms with Crippen molar-refractivity contribution in [3.8, 4) is 23.0 Å². The smallest absolute Gasteiger partial charge is 0.258 e. The summed E-state index contributed by atoms with van der Waals surface area (Å²) < 4.78 is 21.6. The third-order valence-electron chi connectivity index (χ3n) is 3.64. The van der Waals surface area contributed by atoms with Crippen LogP contribution in [-0.2, 0) is 4.79 Å². The maximum Gasteiger partial charge on any atom is 0.258 e. The van der Waals surface area contributed by atoms with Crippen molar-refractivity contribution >= 4 is 12.0 Å². The molecular formula is C21H25NO5. The zero-order valence-electron chi connectivity index (χ0n) is 15.9. The van der Waals surface area contributed by atoms with E-state index in [0.717, 1.165) is 11.3 Å². The lowest BCUT2D eigenvalue weighted by molar-refractivity contribution is -0.123. The number of ether oxygens (including phenoxy) is 4. The minimum atomic E-state index is -0.233. The fraction of sp³-hybridized carbons (Fsp3) is 0.286. The zero-order chi connectivity index (χ0) is 19.5. The fourth-order valence-corrected chi connectivity index (χ4v) is 2.34. The van der Waals surface area contributed by atoms with Crippen molar-refractivity contribution < 1.29 is 23.7 Å². The van der Waals surface area contributed by atoms with Gasteiger partial charge in [-0.25, -0.2) is 0 Å². The van der Waals surface area contributed by atoms with Crippen LogP contribution in [0.5, 0.6) is 23.0 Å². The molecule has 6 heteroatoms. The van der Waals surface area contributed by atoms with Crippen LogP contribution < -0.4 is 24.3 Å². The molecule has 27 heavy (non-hydrogen) atoms. The van der Waals surface area contributed by atoms with Gasteiger partial charge in [0.2, 0.25) is 0 Å². The van der Waals surface area contributed by atoms with Gasteiger partial charge in [0.25, 0.3) is 5.91 Å². The van der Waals surface area contributed by atoms with Gasteiger partial charge in [-0.05, 0) is 36.8 Å². The summed E-state index contributed by atoms with van der Waals surface area (Å²) in [6.45, 7) is 2.56. The molecule has 0 bridgehead atoms. The third-order valence-corrected chi connectivity index (χ3v) is 3.64. The van der Waals surface area contributed by atoms with E-state index in [1.807, 2.05) is 49.4 Å². The highest BCUT2D eigenvalue weighted by atomic mass is 16.5. The second-order valence-electron chi connectivity index (χ2n) is 5.58. The molecule has 2 rings (SSSR count). The third kappa shape index (κ3) is 6.58. The number of hydrogen-bond donors (Lipinski definition) is 1. The lowest BCUT2D eigenvalue weighted by atomic mass is 10.2. The molecule has 2 aromatic rings. The van der Waals surface area contributed by atoms with Gasteiger partial charge in [-0.2, -0.15) is 0 Å². The van der Waals surface area contributed by atoms with E-state index in [0.29, 0.717) is 30.4 Å². The molecule has 1 amide bonds. The molecule has 0 heterocycles. The second-order valence-corrected chi connectivity index (χ2v) is 5.58. The van der Waals surface area contributed by atoms with Gasteiger partial charge in [-0.15, -0.1) is 0 Å². The van der Waals surface area contributed by atoms with Gasteiger partial charge in [-0.3, -0.25) is 4.79 Å². The number of carbonyl (C=O) groups is 1. The largest absolute Gasteiger partial charge is 0.497 e. The van der Waals surface area contributed by atoms with Crippen molar-refractivity contribution in [2.24, 2.45) is 0 Å². The monoisotopic (exact) mass is 371 g/mol. The Labute approximate surface area is 159 Å². The predicted molar refractivity (Wildman–Crippen MR) is 105 cm³/mol. The lowest BCUT2D eigenvalue weighted by Crippen LogP contribution is -2.32. The second kappa shape index (κ2) is 10.8. The van der Waals surface area contributed by atoms with E-state index in [4.69, 9.17) is 18.9 Å². The van der Waals surface area contributed by atoms with Crippen molar-refractivity contribution in [3.05, 3.63) is 54.1 Å². The van der Waals surface area contributed by atoms with Gasteiger partial charge < -0.3 is 24.3 Å². The molecule has 0 aliphatic heterocycles. The normalized spacial score (nSPS) is 10.5. The summed E-state index contributed by atoms with van der Waals surface area (Å²) >= 11 is 0. The first kappa shape index (κ1) is 20.2.